The predicted molar refractivity (Wildman–Crippen MR) is 172 cm³/mol. The number of hydrogen-bond donors (Lipinski definition) is 2. The van der Waals surface area contributed by atoms with Gasteiger partial charge in [-0.1, -0.05) is 31.9 Å². The average Bonchev–Trinajstić information content (AvgIpc) is 3.12. The summed E-state index contributed by atoms with van der Waals surface area (Å²) in [6.07, 6.45) is 0. The molecule has 220 valence electrons. The van der Waals surface area contributed by atoms with E-state index < -0.39 is 5.97 Å². The number of ether oxygens (including phenoxy) is 3. The second-order valence-electron chi connectivity index (χ2n) is 11.1. The zero-order chi connectivity index (χ0) is 30.0. The molecule has 0 unspecified atom stereocenters. The SMILES string of the molecule is CC(C)(C)Nc1cc(Br)ccc1N.CCOC(C)(OCC)OCC.Cc1nc2ccc(Br)cc2n1C(C)(C)C. The maximum absolute atomic E-state index is 5.81. The van der Waals surface area contributed by atoms with E-state index >= 15 is 0 Å². The van der Waals surface area contributed by atoms with Gasteiger partial charge in [0.15, 0.2) is 0 Å². The number of aromatic nitrogens is 2. The number of benzene rings is 2. The van der Waals surface area contributed by atoms with Crippen molar-refractivity contribution in [3.63, 3.8) is 0 Å². The van der Waals surface area contributed by atoms with Crippen molar-refractivity contribution in [1.29, 1.82) is 0 Å². The van der Waals surface area contributed by atoms with Crippen LogP contribution in [0.3, 0.4) is 0 Å². The molecule has 3 aromatic rings. The third kappa shape index (κ3) is 12.2. The zero-order valence-electron chi connectivity index (χ0n) is 25.5. The molecule has 0 aliphatic rings. The van der Waals surface area contributed by atoms with Crippen molar-refractivity contribution in [2.24, 2.45) is 0 Å². The van der Waals surface area contributed by atoms with Gasteiger partial charge in [-0.3, -0.25) is 0 Å². The van der Waals surface area contributed by atoms with Gasteiger partial charge in [0, 0.05) is 46.8 Å². The molecule has 3 rings (SSSR count). The lowest BCUT2D eigenvalue weighted by atomic mass is 10.1. The summed E-state index contributed by atoms with van der Waals surface area (Å²) in [4.78, 5) is 4.56. The summed E-state index contributed by atoms with van der Waals surface area (Å²) < 4.78 is 20.2. The van der Waals surface area contributed by atoms with E-state index in [0.717, 1.165) is 31.7 Å². The molecule has 1 heterocycles. The van der Waals surface area contributed by atoms with E-state index in [4.69, 9.17) is 19.9 Å². The Labute approximate surface area is 252 Å². The lowest BCUT2D eigenvalue weighted by molar-refractivity contribution is -0.365. The van der Waals surface area contributed by atoms with Crippen LogP contribution >= 0.6 is 31.9 Å². The van der Waals surface area contributed by atoms with E-state index in [2.05, 4.69) is 107 Å². The van der Waals surface area contributed by atoms with Crippen LogP contribution in [0, 0.1) is 6.92 Å². The first-order chi connectivity index (χ1) is 18.0. The van der Waals surface area contributed by atoms with Gasteiger partial charge in [0.2, 0.25) is 0 Å². The molecular formula is C30H48Br2N4O3. The van der Waals surface area contributed by atoms with E-state index in [1.165, 1.54) is 5.52 Å². The molecule has 2 aromatic carbocycles. The molecule has 1 aromatic heterocycles. The Hall–Kier alpha value is -1.65. The molecular weight excluding hydrogens is 624 g/mol. The standard InChI is InChI=1S/C12H15BrN2.C10H15BrN2.C8H18O3/c1-8-14-10-6-5-9(13)7-11(10)15(8)12(2,3)4;1-10(2,3)13-9-6-7(11)4-5-8(9)12;1-5-9-8(4,10-6-2)11-7-3/h5-7H,1-4H3;4-6,13H,12H2,1-3H3;5-7H2,1-4H3. The van der Waals surface area contributed by atoms with Crippen molar-refractivity contribution in [2.75, 3.05) is 30.9 Å². The van der Waals surface area contributed by atoms with Crippen molar-refractivity contribution in [2.45, 2.75) is 93.2 Å². The van der Waals surface area contributed by atoms with Gasteiger partial charge in [-0.25, -0.2) is 4.98 Å². The summed E-state index contributed by atoms with van der Waals surface area (Å²) in [6, 6.07) is 12.0. The summed E-state index contributed by atoms with van der Waals surface area (Å²) in [5.41, 5.74) is 9.92. The van der Waals surface area contributed by atoms with E-state index in [1.54, 1.807) is 6.92 Å². The van der Waals surface area contributed by atoms with Gasteiger partial charge in [0.25, 0.3) is 5.97 Å². The molecule has 39 heavy (non-hydrogen) atoms. The van der Waals surface area contributed by atoms with Gasteiger partial charge in [-0.15, -0.1) is 0 Å². The molecule has 0 radical (unpaired) electrons. The van der Waals surface area contributed by atoms with Gasteiger partial charge in [-0.05, 0) is 106 Å². The lowest BCUT2D eigenvalue weighted by Gasteiger charge is -2.27. The molecule has 0 amide bonds. The minimum atomic E-state index is -0.849. The smallest absolute Gasteiger partial charge is 0.279 e. The highest BCUT2D eigenvalue weighted by Gasteiger charge is 2.24. The van der Waals surface area contributed by atoms with Crippen LogP contribution in [-0.4, -0.2) is 40.9 Å². The minimum absolute atomic E-state index is 0.0366. The van der Waals surface area contributed by atoms with Crippen LogP contribution in [0.2, 0.25) is 0 Å². The highest BCUT2D eigenvalue weighted by molar-refractivity contribution is 9.10. The van der Waals surface area contributed by atoms with Gasteiger partial charge >= 0.3 is 0 Å². The molecule has 0 saturated heterocycles. The zero-order valence-corrected chi connectivity index (χ0v) is 28.7. The Balaban J connectivity index is 0.000000297. The third-order valence-corrected chi connectivity index (χ3v) is 6.19. The Kier molecular flexibility index (Phi) is 13.9. The summed E-state index contributed by atoms with van der Waals surface area (Å²) in [5, 5.41) is 3.34. The van der Waals surface area contributed by atoms with Crippen LogP contribution < -0.4 is 11.1 Å². The number of aryl methyl sites for hydroxylation is 1. The van der Waals surface area contributed by atoms with Crippen molar-refractivity contribution in [3.8, 4) is 0 Å². The maximum Gasteiger partial charge on any atom is 0.279 e. The van der Waals surface area contributed by atoms with Gasteiger partial charge in [0.1, 0.15) is 5.82 Å². The molecule has 0 saturated carbocycles. The largest absolute Gasteiger partial charge is 0.397 e. The summed E-state index contributed by atoms with van der Waals surface area (Å²) in [5.74, 6) is 0.216. The number of nitrogen functional groups attached to an aromatic ring is 1. The van der Waals surface area contributed by atoms with Crippen LogP contribution in [0.1, 0.15) is 75.1 Å². The molecule has 9 heteroatoms. The highest BCUT2D eigenvalue weighted by atomic mass is 79.9. The van der Waals surface area contributed by atoms with E-state index in [9.17, 15) is 0 Å². The Morgan fingerprint density at radius 2 is 1.31 bits per heavy atom. The summed E-state index contributed by atoms with van der Waals surface area (Å²) in [7, 11) is 0. The molecule has 0 aliphatic carbocycles. The number of rotatable bonds is 7. The number of fused-ring (bicyclic) bond motifs is 1. The van der Waals surface area contributed by atoms with Crippen LogP contribution in [0.4, 0.5) is 11.4 Å². The number of anilines is 2. The normalized spacial score (nSPS) is 11.9. The Morgan fingerprint density at radius 1 is 0.821 bits per heavy atom. The van der Waals surface area contributed by atoms with Crippen molar-refractivity contribution < 1.29 is 14.2 Å². The van der Waals surface area contributed by atoms with Crippen LogP contribution in [0.25, 0.3) is 11.0 Å². The summed E-state index contributed by atoms with van der Waals surface area (Å²) in [6.45, 7) is 24.3. The van der Waals surface area contributed by atoms with E-state index in [1.807, 2.05) is 45.0 Å². The topological polar surface area (TPSA) is 83.6 Å². The predicted octanol–water partition coefficient (Wildman–Crippen LogP) is 8.87. The van der Waals surface area contributed by atoms with Crippen molar-refractivity contribution in [1.82, 2.24) is 9.55 Å². The van der Waals surface area contributed by atoms with Crippen LogP contribution in [-0.2, 0) is 19.7 Å². The monoisotopic (exact) mass is 670 g/mol. The fourth-order valence-corrected chi connectivity index (χ4v) is 4.68. The number of hydrogen-bond acceptors (Lipinski definition) is 6. The lowest BCUT2D eigenvalue weighted by Crippen LogP contribution is -2.35. The highest BCUT2D eigenvalue weighted by Crippen LogP contribution is 2.27. The molecule has 7 nitrogen and oxygen atoms in total. The first-order valence-corrected chi connectivity index (χ1v) is 14.9. The molecule has 0 spiro atoms. The molecule has 0 bridgehead atoms. The quantitative estimate of drug-likeness (QED) is 0.193. The molecule has 0 atom stereocenters. The van der Waals surface area contributed by atoms with E-state index in [-0.39, 0.29) is 11.1 Å². The molecule has 0 fully saturated rings. The van der Waals surface area contributed by atoms with Crippen LogP contribution in [0.5, 0.6) is 0 Å². The first kappa shape index (κ1) is 35.4. The van der Waals surface area contributed by atoms with E-state index in [0.29, 0.717) is 19.8 Å². The summed E-state index contributed by atoms with van der Waals surface area (Å²) >= 11 is 6.91. The Morgan fingerprint density at radius 3 is 1.77 bits per heavy atom. The second-order valence-corrected chi connectivity index (χ2v) is 12.9. The fourth-order valence-electron chi connectivity index (χ4n) is 3.97. The van der Waals surface area contributed by atoms with Gasteiger partial charge in [0.05, 0.1) is 22.4 Å². The number of nitrogens with zero attached hydrogens (tertiary/aromatic N) is 2. The first-order valence-electron chi connectivity index (χ1n) is 13.4. The van der Waals surface area contributed by atoms with Gasteiger partial charge < -0.3 is 29.8 Å². The number of nitrogens with two attached hydrogens (primary N) is 1. The van der Waals surface area contributed by atoms with Crippen molar-refractivity contribution >= 4 is 54.3 Å². The number of nitrogens with one attached hydrogen (secondary N) is 1. The number of imidazole rings is 1. The fraction of sp³-hybridized carbons (Fsp3) is 0.567. The third-order valence-electron chi connectivity index (χ3n) is 5.20. The maximum atomic E-state index is 5.81. The van der Waals surface area contributed by atoms with Crippen LogP contribution in [0.15, 0.2) is 45.3 Å². The average molecular weight is 673 g/mol. The number of halogens is 2. The Bertz CT molecular complexity index is 1150. The van der Waals surface area contributed by atoms with Gasteiger partial charge in [-0.2, -0.15) is 0 Å². The minimum Gasteiger partial charge on any atom is -0.397 e. The molecule has 3 N–H and O–H groups in total. The second kappa shape index (κ2) is 15.4. The van der Waals surface area contributed by atoms with Crippen molar-refractivity contribution in [3.05, 3.63) is 51.2 Å². The molecule has 0 aliphatic heterocycles.